The van der Waals surface area contributed by atoms with Crippen molar-refractivity contribution in [1.82, 2.24) is 15.6 Å². The summed E-state index contributed by atoms with van der Waals surface area (Å²) in [5.41, 5.74) is 6.29. The first-order valence-electron chi connectivity index (χ1n) is 10.6. The van der Waals surface area contributed by atoms with E-state index in [-0.39, 0.29) is 21.7 Å². The number of rotatable bonds is 7. The number of hydrogen-bond acceptors (Lipinski definition) is 7. The molecule has 1 saturated heterocycles. The Morgan fingerprint density at radius 1 is 1.12 bits per heavy atom. The number of hydrogen-bond donors (Lipinski definition) is 4. The Labute approximate surface area is 193 Å². The third-order valence-corrected chi connectivity index (χ3v) is 6.35. The van der Waals surface area contributed by atoms with E-state index in [4.69, 9.17) is 5.73 Å². The third kappa shape index (κ3) is 5.35. The van der Waals surface area contributed by atoms with Gasteiger partial charge in [0.2, 0.25) is 5.78 Å². The fourth-order valence-electron chi connectivity index (χ4n) is 3.62. The van der Waals surface area contributed by atoms with Gasteiger partial charge < -0.3 is 21.7 Å². The minimum atomic E-state index is -0.963. The summed E-state index contributed by atoms with van der Waals surface area (Å²) in [6.07, 6.45) is 3.38. The van der Waals surface area contributed by atoms with Gasteiger partial charge in [-0.3, -0.25) is 9.59 Å². The summed E-state index contributed by atoms with van der Waals surface area (Å²) in [6, 6.07) is 10.2. The number of nitrogen functional groups attached to an aromatic ring is 1. The lowest BCUT2D eigenvalue weighted by Crippen LogP contribution is -2.43. The largest absolute Gasteiger partial charge is 0.382 e. The molecule has 5 N–H and O–H groups in total. The van der Waals surface area contributed by atoms with Crippen molar-refractivity contribution in [2.24, 2.45) is 0 Å². The highest BCUT2D eigenvalue weighted by Crippen LogP contribution is 2.31. The second kappa shape index (κ2) is 10.1. The molecule has 1 fully saturated rings. The molecule has 0 spiro atoms. The van der Waals surface area contributed by atoms with Crippen LogP contribution in [0.2, 0.25) is 0 Å². The second-order valence-corrected chi connectivity index (χ2v) is 8.72. The molecule has 1 unspecified atom stereocenters. The SMILES string of the molecule is Nc1nc(Nc2ccc(C(=O)NCC3CCCCN3)cc2)sc1C(=O)c1c(F)cccc1F. The minimum absolute atomic E-state index is 0.0613. The van der Waals surface area contributed by atoms with Crippen LogP contribution < -0.4 is 21.7 Å². The predicted octanol–water partition coefficient (Wildman–Crippen LogP) is 3.85. The zero-order valence-electron chi connectivity index (χ0n) is 17.7. The third-order valence-electron chi connectivity index (χ3n) is 5.37. The van der Waals surface area contributed by atoms with Crippen molar-refractivity contribution in [2.45, 2.75) is 25.3 Å². The fraction of sp³-hybridized carbons (Fsp3) is 0.261. The first-order valence-corrected chi connectivity index (χ1v) is 11.4. The molecule has 1 atom stereocenters. The van der Waals surface area contributed by atoms with Crippen LogP contribution in [-0.4, -0.2) is 35.8 Å². The number of carbonyl (C=O) groups excluding carboxylic acids is 2. The van der Waals surface area contributed by atoms with Gasteiger partial charge in [-0.2, -0.15) is 0 Å². The summed E-state index contributed by atoms with van der Waals surface area (Å²) in [4.78, 5) is 29.0. The minimum Gasteiger partial charge on any atom is -0.382 e. The number of piperidine rings is 1. The van der Waals surface area contributed by atoms with Crippen LogP contribution >= 0.6 is 11.3 Å². The number of halogens is 2. The van der Waals surface area contributed by atoms with Crippen molar-refractivity contribution in [3.8, 4) is 0 Å². The lowest BCUT2D eigenvalue weighted by molar-refractivity contribution is 0.0947. The molecule has 172 valence electrons. The molecule has 4 rings (SSSR count). The second-order valence-electron chi connectivity index (χ2n) is 7.72. The highest BCUT2D eigenvalue weighted by atomic mass is 32.1. The van der Waals surface area contributed by atoms with Crippen molar-refractivity contribution >= 4 is 39.7 Å². The number of thiazole rings is 1. The molecule has 1 aromatic heterocycles. The van der Waals surface area contributed by atoms with Gasteiger partial charge in [-0.1, -0.05) is 23.8 Å². The Bertz CT molecular complexity index is 1140. The predicted molar refractivity (Wildman–Crippen MR) is 124 cm³/mol. The van der Waals surface area contributed by atoms with Crippen LogP contribution in [0.4, 0.5) is 25.4 Å². The molecule has 33 heavy (non-hydrogen) atoms. The van der Waals surface area contributed by atoms with Crippen molar-refractivity contribution in [2.75, 3.05) is 24.1 Å². The van der Waals surface area contributed by atoms with E-state index in [1.165, 1.54) is 12.5 Å². The molecule has 0 aliphatic carbocycles. The lowest BCUT2D eigenvalue weighted by atomic mass is 10.1. The Morgan fingerprint density at radius 2 is 1.85 bits per heavy atom. The number of ketones is 1. The van der Waals surface area contributed by atoms with Crippen molar-refractivity contribution in [1.29, 1.82) is 0 Å². The summed E-state index contributed by atoms with van der Waals surface area (Å²) in [5, 5.41) is 9.61. The number of nitrogens with one attached hydrogen (secondary N) is 3. The summed E-state index contributed by atoms with van der Waals surface area (Å²) in [5.74, 6) is -3.08. The van der Waals surface area contributed by atoms with Crippen LogP contribution in [0, 0.1) is 11.6 Å². The van der Waals surface area contributed by atoms with E-state index >= 15 is 0 Å². The van der Waals surface area contributed by atoms with Gasteiger partial charge in [0, 0.05) is 23.8 Å². The average molecular weight is 472 g/mol. The van der Waals surface area contributed by atoms with E-state index in [0.29, 0.717) is 23.8 Å². The van der Waals surface area contributed by atoms with Gasteiger partial charge in [0.05, 0.1) is 5.56 Å². The van der Waals surface area contributed by atoms with E-state index in [0.717, 1.165) is 42.9 Å². The molecule has 1 aliphatic heterocycles. The molecule has 7 nitrogen and oxygen atoms in total. The van der Waals surface area contributed by atoms with Crippen LogP contribution in [0.1, 0.15) is 44.9 Å². The van der Waals surface area contributed by atoms with Crippen LogP contribution in [0.5, 0.6) is 0 Å². The molecule has 3 aromatic rings. The number of nitrogens with two attached hydrogens (primary N) is 1. The Morgan fingerprint density at radius 3 is 2.52 bits per heavy atom. The van der Waals surface area contributed by atoms with Gasteiger partial charge in [-0.15, -0.1) is 0 Å². The molecule has 0 radical (unpaired) electrons. The Balaban J connectivity index is 1.40. The monoisotopic (exact) mass is 471 g/mol. The molecule has 0 saturated carbocycles. The molecule has 2 aromatic carbocycles. The maximum absolute atomic E-state index is 14.0. The van der Waals surface area contributed by atoms with Crippen molar-refractivity contribution in [3.63, 3.8) is 0 Å². The smallest absolute Gasteiger partial charge is 0.251 e. The number of amides is 1. The highest BCUT2D eigenvalue weighted by Gasteiger charge is 2.24. The van der Waals surface area contributed by atoms with Crippen LogP contribution in [0.3, 0.4) is 0 Å². The molecule has 1 aliphatic rings. The quantitative estimate of drug-likeness (QED) is 0.390. The maximum atomic E-state index is 14.0. The van der Waals surface area contributed by atoms with E-state index in [9.17, 15) is 18.4 Å². The molecule has 0 bridgehead atoms. The zero-order chi connectivity index (χ0) is 23.4. The normalized spacial score (nSPS) is 15.8. The molecular formula is C23H23F2N5O2S. The van der Waals surface area contributed by atoms with Gasteiger partial charge in [-0.05, 0) is 55.8 Å². The maximum Gasteiger partial charge on any atom is 0.251 e. The van der Waals surface area contributed by atoms with E-state index in [1.807, 2.05) is 0 Å². The summed E-state index contributed by atoms with van der Waals surface area (Å²) < 4.78 is 27.9. The fourth-order valence-corrected chi connectivity index (χ4v) is 4.47. The van der Waals surface area contributed by atoms with Gasteiger partial charge in [0.25, 0.3) is 5.91 Å². The summed E-state index contributed by atoms with van der Waals surface area (Å²) >= 11 is 0.893. The average Bonchev–Trinajstić information content (AvgIpc) is 3.18. The number of carbonyl (C=O) groups is 2. The molecule has 10 heteroatoms. The van der Waals surface area contributed by atoms with Gasteiger partial charge >= 0.3 is 0 Å². The van der Waals surface area contributed by atoms with E-state index < -0.39 is 23.0 Å². The number of anilines is 3. The van der Waals surface area contributed by atoms with Crippen molar-refractivity contribution in [3.05, 3.63) is 70.1 Å². The van der Waals surface area contributed by atoms with Crippen LogP contribution in [0.25, 0.3) is 0 Å². The lowest BCUT2D eigenvalue weighted by Gasteiger charge is -2.23. The zero-order valence-corrected chi connectivity index (χ0v) is 18.5. The topological polar surface area (TPSA) is 109 Å². The van der Waals surface area contributed by atoms with Gasteiger partial charge in [0.15, 0.2) is 5.13 Å². The first kappa shape index (κ1) is 22.8. The van der Waals surface area contributed by atoms with Gasteiger partial charge in [-0.25, -0.2) is 13.8 Å². The van der Waals surface area contributed by atoms with E-state index in [1.54, 1.807) is 24.3 Å². The van der Waals surface area contributed by atoms with Crippen molar-refractivity contribution < 1.29 is 18.4 Å². The summed E-state index contributed by atoms with van der Waals surface area (Å²) in [7, 11) is 0. The van der Waals surface area contributed by atoms with Crippen LogP contribution in [0.15, 0.2) is 42.5 Å². The summed E-state index contributed by atoms with van der Waals surface area (Å²) in [6.45, 7) is 1.56. The molecule has 2 heterocycles. The standard InChI is InChI=1S/C23H23F2N5O2S/c24-16-5-3-6-17(25)18(16)19(31)20-21(26)30-23(33-20)29-14-9-7-13(8-10-14)22(32)28-12-15-4-1-2-11-27-15/h3,5-10,15,27H,1-2,4,11-12,26H2,(H,28,32)(H,29,30). The molecular weight excluding hydrogens is 448 g/mol. The Hall–Kier alpha value is -3.37. The van der Waals surface area contributed by atoms with E-state index in [2.05, 4.69) is 20.9 Å². The van der Waals surface area contributed by atoms with Gasteiger partial charge in [0.1, 0.15) is 22.3 Å². The number of nitrogens with zero attached hydrogens (tertiary/aromatic N) is 1. The molecule has 1 amide bonds. The van der Waals surface area contributed by atoms with Crippen LogP contribution in [-0.2, 0) is 0 Å². The first-order chi connectivity index (χ1) is 15.9. The Kier molecular flexibility index (Phi) is 6.95. The number of aromatic nitrogens is 1. The highest BCUT2D eigenvalue weighted by molar-refractivity contribution is 7.18. The number of benzene rings is 2.